The van der Waals surface area contributed by atoms with Crippen LogP contribution in [0.15, 0.2) is 36.4 Å². The summed E-state index contributed by atoms with van der Waals surface area (Å²) in [6.45, 7) is 5.15. The van der Waals surface area contributed by atoms with Crippen LogP contribution in [0.2, 0.25) is 5.02 Å². The molecule has 0 radical (unpaired) electrons. The Morgan fingerprint density at radius 3 is 2.31 bits per heavy atom. The summed E-state index contributed by atoms with van der Waals surface area (Å²) in [7, 11) is 1.45. The Morgan fingerprint density at radius 1 is 1.15 bits per heavy atom. The van der Waals surface area contributed by atoms with Crippen molar-refractivity contribution in [2.45, 2.75) is 13.8 Å². The van der Waals surface area contributed by atoms with Crippen molar-refractivity contribution in [3.8, 4) is 5.75 Å². The van der Waals surface area contributed by atoms with E-state index in [-0.39, 0.29) is 22.4 Å². The van der Waals surface area contributed by atoms with E-state index in [1.807, 2.05) is 13.8 Å². The van der Waals surface area contributed by atoms with Crippen LogP contribution < -0.4 is 15.8 Å². The Bertz CT molecular complexity index is 802. The summed E-state index contributed by atoms with van der Waals surface area (Å²) >= 11 is 6.00. The predicted molar refractivity (Wildman–Crippen MR) is 104 cm³/mol. The van der Waals surface area contributed by atoms with Gasteiger partial charge < -0.3 is 20.7 Å². The molecular weight excluding hydrogens is 354 g/mol. The molecule has 0 fully saturated rings. The number of methoxy groups -OCH3 is 1. The van der Waals surface area contributed by atoms with Crippen LogP contribution >= 0.6 is 11.6 Å². The molecule has 26 heavy (non-hydrogen) atoms. The highest BCUT2D eigenvalue weighted by Gasteiger charge is 2.16. The number of nitrogens with one attached hydrogen (secondary N) is 1. The number of carbonyl (C=O) groups is 2. The van der Waals surface area contributed by atoms with Gasteiger partial charge in [0.05, 0.1) is 23.4 Å². The van der Waals surface area contributed by atoms with Gasteiger partial charge in [0.2, 0.25) is 0 Å². The third-order valence-corrected chi connectivity index (χ3v) is 4.33. The highest BCUT2D eigenvalue weighted by molar-refractivity contribution is 6.33. The average molecular weight is 376 g/mol. The quantitative estimate of drug-likeness (QED) is 0.754. The molecule has 0 heterocycles. The van der Waals surface area contributed by atoms with Crippen LogP contribution in [0.3, 0.4) is 0 Å². The van der Waals surface area contributed by atoms with E-state index in [1.54, 1.807) is 29.2 Å². The minimum atomic E-state index is -0.383. The number of hydrogen-bond acceptors (Lipinski definition) is 4. The lowest BCUT2D eigenvalue weighted by molar-refractivity contribution is 0.0773. The summed E-state index contributed by atoms with van der Waals surface area (Å²) in [4.78, 5) is 26.6. The van der Waals surface area contributed by atoms with Crippen LogP contribution in [-0.4, -0.2) is 36.9 Å². The van der Waals surface area contributed by atoms with Crippen molar-refractivity contribution in [2.75, 3.05) is 31.2 Å². The molecule has 0 aliphatic carbocycles. The fourth-order valence-corrected chi connectivity index (χ4v) is 2.67. The number of anilines is 2. The number of halogens is 1. The molecular formula is C19H22ClN3O3. The zero-order chi connectivity index (χ0) is 19.3. The highest BCUT2D eigenvalue weighted by atomic mass is 35.5. The third-order valence-electron chi connectivity index (χ3n) is 4.00. The van der Waals surface area contributed by atoms with E-state index in [4.69, 9.17) is 22.1 Å². The second-order valence-corrected chi connectivity index (χ2v) is 5.99. The first-order chi connectivity index (χ1) is 12.4. The number of benzene rings is 2. The van der Waals surface area contributed by atoms with Crippen molar-refractivity contribution in [1.82, 2.24) is 4.90 Å². The van der Waals surface area contributed by atoms with Crippen LogP contribution in [0.5, 0.6) is 5.75 Å². The van der Waals surface area contributed by atoms with Crippen LogP contribution in [0.1, 0.15) is 34.6 Å². The normalized spacial score (nSPS) is 10.3. The van der Waals surface area contributed by atoms with Crippen molar-refractivity contribution in [1.29, 1.82) is 0 Å². The van der Waals surface area contributed by atoms with Crippen LogP contribution in [0.4, 0.5) is 11.4 Å². The summed E-state index contributed by atoms with van der Waals surface area (Å²) in [5.74, 6) is -0.0934. The molecule has 0 aliphatic rings. The van der Waals surface area contributed by atoms with Gasteiger partial charge in [-0.15, -0.1) is 0 Å². The minimum Gasteiger partial charge on any atom is -0.496 e. The van der Waals surface area contributed by atoms with Gasteiger partial charge in [-0.3, -0.25) is 9.59 Å². The van der Waals surface area contributed by atoms with E-state index >= 15 is 0 Å². The standard InChI is InChI=1S/C19H22ClN3O3/c1-4-23(5-2)19(25)12-6-8-13(9-7-12)22-18(24)14-10-15(20)16(21)11-17(14)26-3/h6-11H,4-5,21H2,1-3H3,(H,22,24). The van der Waals surface area contributed by atoms with Crippen molar-refractivity contribution in [3.63, 3.8) is 0 Å². The van der Waals surface area contributed by atoms with E-state index in [2.05, 4.69) is 5.32 Å². The predicted octanol–water partition coefficient (Wildman–Crippen LogP) is 3.67. The molecule has 7 heteroatoms. The third kappa shape index (κ3) is 4.26. The Hall–Kier alpha value is -2.73. The van der Waals surface area contributed by atoms with Gasteiger partial charge in [-0.2, -0.15) is 0 Å². The second kappa shape index (κ2) is 8.58. The lowest BCUT2D eigenvalue weighted by Gasteiger charge is -2.18. The monoisotopic (exact) mass is 375 g/mol. The van der Waals surface area contributed by atoms with Gasteiger partial charge in [-0.25, -0.2) is 0 Å². The number of nitrogen functional groups attached to an aromatic ring is 1. The molecule has 2 aromatic rings. The first-order valence-electron chi connectivity index (χ1n) is 8.24. The molecule has 0 bridgehead atoms. The largest absolute Gasteiger partial charge is 0.496 e. The number of nitrogens with zero attached hydrogens (tertiary/aromatic N) is 1. The SMILES string of the molecule is CCN(CC)C(=O)c1ccc(NC(=O)c2cc(Cl)c(N)cc2OC)cc1. The minimum absolute atomic E-state index is 0.0418. The fraction of sp³-hybridized carbons (Fsp3) is 0.263. The molecule has 0 saturated carbocycles. The maximum absolute atomic E-state index is 12.5. The molecule has 2 rings (SSSR count). The topological polar surface area (TPSA) is 84.7 Å². The number of carbonyl (C=O) groups excluding carboxylic acids is 2. The van der Waals surface area contributed by atoms with Gasteiger partial charge in [0.15, 0.2) is 0 Å². The van der Waals surface area contributed by atoms with Gasteiger partial charge >= 0.3 is 0 Å². The number of ether oxygens (including phenoxy) is 1. The lowest BCUT2D eigenvalue weighted by atomic mass is 10.1. The molecule has 0 atom stereocenters. The Morgan fingerprint density at radius 2 is 1.77 bits per heavy atom. The van der Waals surface area contributed by atoms with E-state index in [0.717, 1.165) is 0 Å². The summed E-state index contributed by atoms with van der Waals surface area (Å²) in [6.07, 6.45) is 0. The maximum atomic E-state index is 12.5. The van der Waals surface area contributed by atoms with Crippen LogP contribution in [0.25, 0.3) is 0 Å². The molecule has 6 nitrogen and oxygen atoms in total. The first kappa shape index (κ1) is 19.6. The lowest BCUT2D eigenvalue weighted by Crippen LogP contribution is -2.30. The Labute approximate surface area is 157 Å². The molecule has 2 aromatic carbocycles. The van der Waals surface area contributed by atoms with Gasteiger partial charge in [0.1, 0.15) is 5.75 Å². The van der Waals surface area contributed by atoms with E-state index in [1.165, 1.54) is 19.2 Å². The number of hydrogen-bond donors (Lipinski definition) is 2. The zero-order valence-corrected chi connectivity index (χ0v) is 15.8. The van der Waals surface area contributed by atoms with Gasteiger partial charge in [0.25, 0.3) is 11.8 Å². The van der Waals surface area contributed by atoms with Crippen LogP contribution in [-0.2, 0) is 0 Å². The van der Waals surface area contributed by atoms with Crippen molar-refractivity contribution in [2.24, 2.45) is 0 Å². The van der Waals surface area contributed by atoms with Gasteiger partial charge in [0, 0.05) is 30.4 Å². The average Bonchev–Trinajstić information content (AvgIpc) is 2.65. The first-order valence-corrected chi connectivity index (χ1v) is 8.62. The molecule has 0 aromatic heterocycles. The Balaban J connectivity index is 2.18. The molecule has 0 aliphatic heterocycles. The molecule has 0 saturated heterocycles. The second-order valence-electron chi connectivity index (χ2n) is 5.58. The Kier molecular flexibility index (Phi) is 6.46. The molecule has 3 N–H and O–H groups in total. The van der Waals surface area contributed by atoms with E-state index < -0.39 is 0 Å². The highest BCUT2D eigenvalue weighted by Crippen LogP contribution is 2.29. The number of rotatable bonds is 6. The maximum Gasteiger partial charge on any atom is 0.259 e. The van der Waals surface area contributed by atoms with E-state index in [9.17, 15) is 9.59 Å². The van der Waals surface area contributed by atoms with Crippen LogP contribution in [0, 0.1) is 0 Å². The summed E-state index contributed by atoms with van der Waals surface area (Å²) in [6, 6.07) is 9.69. The zero-order valence-electron chi connectivity index (χ0n) is 15.0. The summed E-state index contributed by atoms with van der Waals surface area (Å²) in [5, 5.41) is 3.03. The fourth-order valence-electron chi connectivity index (χ4n) is 2.50. The van der Waals surface area contributed by atoms with E-state index in [0.29, 0.717) is 35.8 Å². The molecule has 2 amide bonds. The molecule has 138 valence electrons. The smallest absolute Gasteiger partial charge is 0.259 e. The van der Waals surface area contributed by atoms with Gasteiger partial charge in [-0.05, 0) is 44.2 Å². The number of amides is 2. The van der Waals surface area contributed by atoms with Gasteiger partial charge in [-0.1, -0.05) is 11.6 Å². The molecule has 0 unspecified atom stereocenters. The van der Waals surface area contributed by atoms with Crippen molar-refractivity contribution < 1.29 is 14.3 Å². The summed E-state index contributed by atoms with van der Waals surface area (Å²) < 4.78 is 5.19. The number of nitrogens with two attached hydrogens (primary N) is 1. The summed E-state index contributed by atoms with van der Waals surface area (Å²) in [5.41, 5.74) is 7.46. The molecule has 0 spiro atoms. The van der Waals surface area contributed by atoms with Crippen molar-refractivity contribution in [3.05, 3.63) is 52.5 Å². The van der Waals surface area contributed by atoms with Crippen molar-refractivity contribution >= 4 is 34.8 Å².